The molecular formula is C12H26N2O2. The van der Waals surface area contributed by atoms with Gasteiger partial charge in [0, 0.05) is 25.7 Å². The summed E-state index contributed by atoms with van der Waals surface area (Å²) in [5.41, 5.74) is 6.11. The Labute approximate surface area is 98.8 Å². The van der Waals surface area contributed by atoms with Gasteiger partial charge in [-0.05, 0) is 25.8 Å². The first-order valence-corrected chi connectivity index (χ1v) is 6.36. The lowest BCUT2D eigenvalue weighted by atomic mass is 9.99. The van der Waals surface area contributed by atoms with Crippen LogP contribution >= 0.6 is 0 Å². The predicted octanol–water partition coefficient (Wildman–Crippen LogP) is 0.586. The number of rotatable bonds is 6. The summed E-state index contributed by atoms with van der Waals surface area (Å²) in [5.74, 6) is 0. The quantitative estimate of drug-likeness (QED) is 0.701. The van der Waals surface area contributed by atoms with Crippen LogP contribution in [0.1, 0.15) is 32.6 Å². The third-order valence-corrected chi connectivity index (χ3v) is 3.52. The molecular weight excluding hydrogens is 204 g/mol. The normalized spacial score (nSPS) is 26.6. The molecule has 0 aliphatic carbocycles. The molecule has 4 heteroatoms. The van der Waals surface area contributed by atoms with E-state index in [1.165, 1.54) is 0 Å². The van der Waals surface area contributed by atoms with E-state index in [1.807, 2.05) is 0 Å². The molecule has 3 unspecified atom stereocenters. The highest BCUT2D eigenvalue weighted by molar-refractivity contribution is 4.85. The summed E-state index contributed by atoms with van der Waals surface area (Å²) in [6, 6.07) is 0.170. The Kier molecular flexibility index (Phi) is 6.28. The van der Waals surface area contributed by atoms with Crippen molar-refractivity contribution in [1.82, 2.24) is 4.90 Å². The van der Waals surface area contributed by atoms with Crippen molar-refractivity contribution in [3.8, 4) is 0 Å². The summed E-state index contributed by atoms with van der Waals surface area (Å²) in [4.78, 5) is 2.29. The van der Waals surface area contributed by atoms with E-state index in [0.717, 1.165) is 38.8 Å². The number of hydrogen-bond acceptors (Lipinski definition) is 4. The van der Waals surface area contributed by atoms with E-state index in [-0.39, 0.29) is 18.7 Å². The van der Waals surface area contributed by atoms with Gasteiger partial charge in [-0.15, -0.1) is 0 Å². The second-order valence-corrected chi connectivity index (χ2v) is 4.70. The summed E-state index contributed by atoms with van der Waals surface area (Å²) in [5, 5.41) is 9.47. The van der Waals surface area contributed by atoms with Crippen LogP contribution in [-0.4, -0.2) is 55.0 Å². The minimum Gasteiger partial charge on any atom is -0.395 e. The average molecular weight is 230 g/mol. The maximum atomic E-state index is 9.47. The van der Waals surface area contributed by atoms with Crippen LogP contribution in [0, 0.1) is 0 Å². The topological polar surface area (TPSA) is 58.7 Å². The smallest absolute Gasteiger partial charge is 0.0698 e. The molecule has 0 amide bonds. The van der Waals surface area contributed by atoms with Gasteiger partial charge in [0.05, 0.1) is 12.7 Å². The molecule has 0 bridgehead atoms. The lowest BCUT2D eigenvalue weighted by Crippen LogP contribution is -2.54. The molecule has 16 heavy (non-hydrogen) atoms. The fraction of sp³-hybridized carbons (Fsp3) is 1.00. The Morgan fingerprint density at radius 1 is 1.56 bits per heavy atom. The van der Waals surface area contributed by atoms with Crippen molar-refractivity contribution in [1.29, 1.82) is 0 Å². The maximum absolute atomic E-state index is 9.47. The lowest BCUT2D eigenvalue weighted by Gasteiger charge is -2.39. The van der Waals surface area contributed by atoms with E-state index >= 15 is 0 Å². The Balaban J connectivity index is 2.50. The van der Waals surface area contributed by atoms with Gasteiger partial charge in [-0.1, -0.05) is 13.3 Å². The number of hydrogen-bond donors (Lipinski definition) is 2. The van der Waals surface area contributed by atoms with Gasteiger partial charge in [0.2, 0.25) is 0 Å². The number of nitrogens with two attached hydrogens (primary N) is 1. The van der Waals surface area contributed by atoms with Gasteiger partial charge in [0.15, 0.2) is 0 Å². The zero-order valence-corrected chi connectivity index (χ0v) is 10.6. The SMILES string of the molecule is CCCC(N)C(CO)N1CCCC(OC)C1. The Hall–Kier alpha value is -0.160. The second-order valence-electron chi connectivity index (χ2n) is 4.70. The van der Waals surface area contributed by atoms with Gasteiger partial charge >= 0.3 is 0 Å². The van der Waals surface area contributed by atoms with Crippen molar-refractivity contribution in [3.05, 3.63) is 0 Å². The fourth-order valence-corrected chi connectivity index (χ4v) is 2.51. The average Bonchev–Trinajstić information content (AvgIpc) is 2.31. The third kappa shape index (κ3) is 3.70. The molecule has 0 spiro atoms. The van der Waals surface area contributed by atoms with Crippen LogP contribution in [-0.2, 0) is 4.74 Å². The molecule has 1 heterocycles. The molecule has 0 aromatic heterocycles. The highest BCUT2D eigenvalue weighted by Gasteiger charge is 2.28. The van der Waals surface area contributed by atoms with Gasteiger partial charge in [-0.2, -0.15) is 0 Å². The molecule has 1 saturated heterocycles. The van der Waals surface area contributed by atoms with Gasteiger partial charge in [0.25, 0.3) is 0 Å². The van der Waals surface area contributed by atoms with Crippen LogP contribution in [0.15, 0.2) is 0 Å². The van der Waals surface area contributed by atoms with Crippen molar-refractivity contribution in [3.63, 3.8) is 0 Å². The molecule has 0 saturated carbocycles. The van der Waals surface area contributed by atoms with Crippen molar-refractivity contribution in [2.75, 3.05) is 26.8 Å². The predicted molar refractivity (Wildman–Crippen MR) is 65.4 cm³/mol. The highest BCUT2D eigenvalue weighted by Crippen LogP contribution is 2.17. The van der Waals surface area contributed by atoms with Gasteiger partial charge in [0.1, 0.15) is 0 Å². The molecule has 0 radical (unpaired) electrons. The molecule has 96 valence electrons. The van der Waals surface area contributed by atoms with Crippen LogP contribution in [0.2, 0.25) is 0 Å². The van der Waals surface area contributed by atoms with E-state index in [1.54, 1.807) is 7.11 Å². The lowest BCUT2D eigenvalue weighted by molar-refractivity contribution is -0.00326. The Morgan fingerprint density at radius 2 is 2.31 bits per heavy atom. The van der Waals surface area contributed by atoms with Crippen LogP contribution in [0.4, 0.5) is 0 Å². The van der Waals surface area contributed by atoms with Gasteiger partial charge in [-0.25, -0.2) is 0 Å². The van der Waals surface area contributed by atoms with E-state index < -0.39 is 0 Å². The van der Waals surface area contributed by atoms with E-state index in [0.29, 0.717) is 6.10 Å². The summed E-state index contributed by atoms with van der Waals surface area (Å²) in [7, 11) is 1.76. The summed E-state index contributed by atoms with van der Waals surface area (Å²) in [6.07, 6.45) is 4.59. The van der Waals surface area contributed by atoms with Gasteiger partial charge < -0.3 is 15.6 Å². The molecule has 1 aliphatic rings. The van der Waals surface area contributed by atoms with E-state index in [9.17, 15) is 5.11 Å². The second kappa shape index (κ2) is 7.22. The highest BCUT2D eigenvalue weighted by atomic mass is 16.5. The van der Waals surface area contributed by atoms with Crippen LogP contribution in [0.5, 0.6) is 0 Å². The largest absolute Gasteiger partial charge is 0.395 e. The van der Waals surface area contributed by atoms with Crippen molar-refractivity contribution < 1.29 is 9.84 Å². The number of nitrogens with zero attached hydrogens (tertiary/aromatic N) is 1. The minimum atomic E-state index is 0.0746. The zero-order valence-electron chi connectivity index (χ0n) is 10.6. The maximum Gasteiger partial charge on any atom is 0.0698 e. The summed E-state index contributed by atoms with van der Waals surface area (Å²) < 4.78 is 5.39. The number of aliphatic hydroxyl groups is 1. The van der Waals surface area contributed by atoms with E-state index in [2.05, 4.69) is 11.8 Å². The van der Waals surface area contributed by atoms with Crippen molar-refractivity contribution in [2.24, 2.45) is 5.73 Å². The number of ether oxygens (including phenoxy) is 1. The molecule has 3 N–H and O–H groups in total. The van der Waals surface area contributed by atoms with Crippen LogP contribution in [0.25, 0.3) is 0 Å². The number of methoxy groups -OCH3 is 1. The first-order chi connectivity index (χ1) is 7.72. The standard InChI is InChI=1S/C12H26N2O2/c1-3-5-11(13)12(9-15)14-7-4-6-10(8-14)16-2/h10-12,15H,3-9,13H2,1-2H3. The molecule has 4 nitrogen and oxygen atoms in total. The zero-order chi connectivity index (χ0) is 12.0. The van der Waals surface area contributed by atoms with Crippen molar-refractivity contribution >= 4 is 0 Å². The first kappa shape index (κ1) is 13.9. The van der Waals surface area contributed by atoms with Crippen molar-refractivity contribution in [2.45, 2.75) is 50.8 Å². The molecule has 1 fully saturated rings. The fourth-order valence-electron chi connectivity index (χ4n) is 2.51. The Bertz CT molecular complexity index is 190. The summed E-state index contributed by atoms with van der Waals surface area (Å²) >= 11 is 0. The number of piperidine rings is 1. The monoisotopic (exact) mass is 230 g/mol. The molecule has 3 atom stereocenters. The number of aliphatic hydroxyl groups excluding tert-OH is 1. The van der Waals surface area contributed by atoms with Gasteiger partial charge in [-0.3, -0.25) is 4.90 Å². The van der Waals surface area contributed by atoms with Crippen LogP contribution in [0.3, 0.4) is 0 Å². The van der Waals surface area contributed by atoms with Crippen LogP contribution < -0.4 is 5.73 Å². The summed E-state index contributed by atoms with van der Waals surface area (Å²) in [6.45, 7) is 4.21. The number of likely N-dealkylation sites (tertiary alicyclic amines) is 1. The minimum absolute atomic E-state index is 0.0746. The van der Waals surface area contributed by atoms with E-state index in [4.69, 9.17) is 10.5 Å². The first-order valence-electron chi connectivity index (χ1n) is 6.36. The molecule has 1 aliphatic heterocycles. The molecule has 0 aromatic carbocycles. The third-order valence-electron chi connectivity index (χ3n) is 3.52. The Morgan fingerprint density at radius 3 is 2.88 bits per heavy atom. The molecule has 1 rings (SSSR count). The molecule has 0 aromatic rings.